The molecule has 1 aromatic heterocycles. The molecule has 0 aromatic carbocycles. The van der Waals surface area contributed by atoms with Gasteiger partial charge in [-0.15, -0.1) is 6.58 Å². The molecule has 0 atom stereocenters. The summed E-state index contributed by atoms with van der Waals surface area (Å²) in [5, 5.41) is 8.92. The average Bonchev–Trinajstić information content (AvgIpc) is 2.77. The lowest BCUT2D eigenvalue weighted by Gasteiger charge is -2.17. The predicted molar refractivity (Wildman–Crippen MR) is 68.5 cm³/mol. The molecule has 1 amide bonds. The maximum absolute atomic E-state index is 11.9. The third kappa shape index (κ3) is 3.76. The van der Waals surface area contributed by atoms with Crippen LogP contribution in [-0.2, 0) is 11.3 Å². The second-order valence-corrected chi connectivity index (χ2v) is 4.07. The van der Waals surface area contributed by atoms with Crippen LogP contribution in [0.25, 0.3) is 0 Å². The fourth-order valence-electron chi connectivity index (χ4n) is 1.61. The Morgan fingerprint density at radius 2 is 2.28 bits per heavy atom. The molecule has 1 aromatic rings. The third-order valence-electron chi connectivity index (χ3n) is 2.68. The molecule has 5 nitrogen and oxygen atoms in total. The Labute approximate surface area is 106 Å². The Bertz CT molecular complexity index is 437. The van der Waals surface area contributed by atoms with E-state index in [-0.39, 0.29) is 18.1 Å². The van der Waals surface area contributed by atoms with E-state index in [4.69, 9.17) is 5.11 Å². The first-order chi connectivity index (χ1) is 8.56. The number of aromatic carboxylic acids is 1. The molecule has 0 saturated heterocycles. The number of allylic oxidation sites excluding steroid dienone is 1. The minimum absolute atomic E-state index is 0.0548. The Morgan fingerprint density at radius 1 is 1.56 bits per heavy atom. The Morgan fingerprint density at radius 3 is 2.89 bits per heavy atom. The molecule has 0 saturated carbocycles. The number of carboxylic acids is 1. The predicted octanol–water partition coefficient (Wildman–Crippen LogP) is 1.61. The zero-order valence-electron chi connectivity index (χ0n) is 10.5. The van der Waals surface area contributed by atoms with Crippen molar-refractivity contribution in [3.63, 3.8) is 0 Å². The number of carbonyl (C=O) groups is 2. The number of carboxylic acid groups (broad SMARTS) is 1. The number of nitrogens with zero attached hydrogens (tertiary/aromatic N) is 2. The SMILES string of the molecule is C=CCCCN(C)C(=O)Cn1cccc1C(=O)O. The monoisotopic (exact) mass is 250 g/mol. The van der Waals surface area contributed by atoms with Crippen LogP contribution in [0.1, 0.15) is 23.3 Å². The van der Waals surface area contributed by atoms with Gasteiger partial charge in [0.15, 0.2) is 0 Å². The number of likely N-dealkylation sites (N-methyl/N-ethyl adjacent to an activating group) is 1. The highest BCUT2D eigenvalue weighted by atomic mass is 16.4. The summed E-state index contributed by atoms with van der Waals surface area (Å²) in [7, 11) is 1.72. The van der Waals surface area contributed by atoms with E-state index in [9.17, 15) is 9.59 Å². The van der Waals surface area contributed by atoms with Crippen molar-refractivity contribution in [3.05, 3.63) is 36.7 Å². The van der Waals surface area contributed by atoms with Gasteiger partial charge in [0.2, 0.25) is 5.91 Å². The molecule has 1 rings (SSSR count). The van der Waals surface area contributed by atoms with Crippen molar-refractivity contribution >= 4 is 11.9 Å². The summed E-state index contributed by atoms with van der Waals surface area (Å²) in [5.41, 5.74) is 0.128. The van der Waals surface area contributed by atoms with E-state index in [1.54, 1.807) is 24.2 Å². The number of carbonyl (C=O) groups excluding carboxylic acids is 1. The molecule has 98 valence electrons. The van der Waals surface area contributed by atoms with Gasteiger partial charge in [-0.05, 0) is 25.0 Å². The maximum Gasteiger partial charge on any atom is 0.352 e. The molecule has 0 aliphatic rings. The van der Waals surface area contributed by atoms with Crippen LogP contribution in [0.3, 0.4) is 0 Å². The number of rotatable bonds is 7. The van der Waals surface area contributed by atoms with E-state index in [1.807, 2.05) is 6.08 Å². The van der Waals surface area contributed by atoms with E-state index < -0.39 is 5.97 Å². The third-order valence-corrected chi connectivity index (χ3v) is 2.68. The van der Waals surface area contributed by atoms with Crippen LogP contribution in [0.4, 0.5) is 0 Å². The van der Waals surface area contributed by atoms with Crippen molar-refractivity contribution in [2.24, 2.45) is 0 Å². The van der Waals surface area contributed by atoms with Gasteiger partial charge in [0.25, 0.3) is 0 Å². The molecule has 1 heterocycles. The van der Waals surface area contributed by atoms with E-state index in [0.717, 1.165) is 12.8 Å². The van der Waals surface area contributed by atoms with Gasteiger partial charge in [0.1, 0.15) is 12.2 Å². The number of aromatic nitrogens is 1. The molecule has 0 aliphatic carbocycles. The minimum Gasteiger partial charge on any atom is -0.477 e. The molecular weight excluding hydrogens is 232 g/mol. The van der Waals surface area contributed by atoms with Crippen LogP contribution < -0.4 is 0 Å². The average molecular weight is 250 g/mol. The number of amides is 1. The second-order valence-electron chi connectivity index (χ2n) is 4.07. The Balaban J connectivity index is 2.55. The molecular formula is C13H18N2O3. The van der Waals surface area contributed by atoms with Gasteiger partial charge in [0, 0.05) is 19.8 Å². The molecule has 0 spiro atoms. The largest absolute Gasteiger partial charge is 0.477 e. The lowest BCUT2D eigenvalue weighted by atomic mass is 10.3. The van der Waals surface area contributed by atoms with Gasteiger partial charge >= 0.3 is 5.97 Å². The number of unbranched alkanes of at least 4 members (excludes halogenated alkanes) is 1. The highest BCUT2D eigenvalue weighted by Crippen LogP contribution is 2.04. The van der Waals surface area contributed by atoms with Gasteiger partial charge in [-0.2, -0.15) is 0 Å². The summed E-state index contributed by atoms with van der Waals surface area (Å²) < 4.78 is 1.44. The van der Waals surface area contributed by atoms with E-state index in [1.165, 1.54) is 10.6 Å². The lowest BCUT2D eigenvalue weighted by Crippen LogP contribution is -2.31. The summed E-state index contributed by atoms with van der Waals surface area (Å²) in [6, 6.07) is 3.10. The van der Waals surface area contributed by atoms with Crippen LogP contribution >= 0.6 is 0 Å². The quantitative estimate of drug-likeness (QED) is 0.590. The van der Waals surface area contributed by atoms with Crippen LogP contribution in [0.5, 0.6) is 0 Å². The number of hydrogen-bond donors (Lipinski definition) is 1. The highest BCUT2D eigenvalue weighted by Gasteiger charge is 2.13. The maximum atomic E-state index is 11.9. The normalized spacial score (nSPS) is 10.1. The summed E-state index contributed by atoms with van der Waals surface area (Å²) in [4.78, 5) is 24.4. The van der Waals surface area contributed by atoms with Crippen LogP contribution in [0.2, 0.25) is 0 Å². The van der Waals surface area contributed by atoms with Crippen LogP contribution in [-0.4, -0.2) is 40.0 Å². The van der Waals surface area contributed by atoms with Gasteiger partial charge < -0.3 is 14.6 Å². The smallest absolute Gasteiger partial charge is 0.352 e. The molecule has 18 heavy (non-hydrogen) atoms. The minimum atomic E-state index is -1.03. The van der Waals surface area contributed by atoms with E-state index in [2.05, 4.69) is 6.58 Å². The molecule has 0 radical (unpaired) electrons. The molecule has 0 fully saturated rings. The van der Waals surface area contributed by atoms with E-state index in [0.29, 0.717) is 6.54 Å². The van der Waals surface area contributed by atoms with Crippen molar-refractivity contribution in [2.45, 2.75) is 19.4 Å². The zero-order valence-corrected chi connectivity index (χ0v) is 10.5. The fourth-order valence-corrected chi connectivity index (χ4v) is 1.61. The first-order valence-corrected chi connectivity index (χ1v) is 5.79. The number of hydrogen-bond acceptors (Lipinski definition) is 2. The van der Waals surface area contributed by atoms with Crippen molar-refractivity contribution in [1.29, 1.82) is 0 Å². The van der Waals surface area contributed by atoms with Crippen LogP contribution in [0, 0.1) is 0 Å². The van der Waals surface area contributed by atoms with Crippen LogP contribution in [0.15, 0.2) is 31.0 Å². The molecule has 1 N–H and O–H groups in total. The van der Waals surface area contributed by atoms with Gasteiger partial charge in [-0.1, -0.05) is 6.08 Å². The summed E-state index contributed by atoms with van der Waals surface area (Å²) >= 11 is 0. The van der Waals surface area contributed by atoms with Crippen molar-refractivity contribution in [2.75, 3.05) is 13.6 Å². The lowest BCUT2D eigenvalue weighted by molar-refractivity contribution is -0.130. The van der Waals surface area contributed by atoms with Gasteiger partial charge in [-0.25, -0.2) is 4.79 Å². The molecule has 0 unspecified atom stereocenters. The van der Waals surface area contributed by atoms with Gasteiger partial charge in [-0.3, -0.25) is 4.79 Å². The molecule has 0 bridgehead atoms. The van der Waals surface area contributed by atoms with Crippen molar-refractivity contribution in [1.82, 2.24) is 9.47 Å². The van der Waals surface area contributed by atoms with E-state index >= 15 is 0 Å². The fraction of sp³-hybridized carbons (Fsp3) is 0.385. The Hall–Kier alpha value is -2.04. The molecule has 0 aliphatic heterocycles. The summed E-state index contributed by atoms with van der Waals surface area (Å²) in [6.07, 6.45) is 5.14. The highest BCUT2D eigenvalue weighted by molar-refractivity contribution is 5.86. The Kier molecular flexibility index (Phi) is 5.17. The van der Waals surface area contributed by atoms with Crippen molar-refractivity contribution in [3.8, 4) is 0 Å². The topological polar surface area (TPSA) is 62.5 Å². The second kappa shape index (κ2) is 6.64. The van der Waals surface area contributed by atoms with Crippen molar-refractivity contribution < 1.29 is 14.7 Å². The summed E-state index contributed by atoms with van der Waals surface area (Å²) in [6.45, 7) is 4.32. The summed E-state index contributed by atoms with van der Waals surface area (Å²) in [5.74, 6) is -1.13. The van der Waals surface area contributed by atoms with Gasteiger partial charge in [0.05, 0.1) is 0 Å². The zero-order chi connectivity index (χ0) is 13.5. The first kappa shape index (κ1) is 14.0. The standard InChI is InChI=1S/C13H18N2O3/c1-3-4-5-8-14(2)12(16)10-15-9-6-7-11(15)13(17)18/h3,6-7,9H,1,4-5,8,10H2,2H3,(H,17,18). The first-order valence-electron chi connectivity index (χ1n) is 5.79. The molecule has 5 heteroatoms.